The van der Waals surface area contributed by atoms with E-state index >= 15 is 0 Å². The molecule has 4 unspecified atom stereocenters. The first-order chi connectivity index (χ1) is 5.86. The lowest BCUT2D eigenvalue weighted by Crippen LogP contribution is -2.31. The van der Waals surface area contributed by atoms with Crippen LogP contribution in [0.4, 0.5) is 0 Å². The van der Waals surface area contributed by atoms with E-state index in [-0.39, 0.29) is 18.3 Å². The predicted octanol–water partition coefficient (Wildman–Crippen LogP) is -0.687. The molecule has 0 radical (unpaired) electrons. The van der Waals surface area contributed by atoms with E-state index in [1.165, 1.54) is 0 Å². The van der Waals surface area contributed by atoms with Crippen LogP contribution < -0.4 is 11.8 Å². The summed E-state index contributed by atoms with van der Waals surface area (Å²) in [5.74, 6) is 10.6. The fraction of sp³-hybridized carbons (Fsp3) is 1.00. The van der Waals surface area contributed by atoms with E-state index in [4.69, 9.17) is 26.2 Å². The van der Waals surface area contributed by atoms with Gasteiger partial charge in [0.2, 0.25) is 0 Å². The Bertz CT molecular complexity index is 149. The zero-order valence-corrected chi connectivity index (χ0v) is 6.81. The molecule has 0 aromatic rings. The van der Waals surface area contributed by atoms with Crippen molar-refractivity contribution in [2.24, 2.45) is 17.7 Å². The van der Waals surface area contributed by atoms with Crippen LogP contribution in [0.2, 0.25) is 0 Å². The van der Waals surface area contributed by atoms with Crippen molar-refractivity contribution in [1.82, 2.24) is 0 Å². The van der Waals surface area contributed by atoms with Crippen LogP contribution in [-0.2, 0) is 14.4 Å². The Morgan fingerprint density at radius 2 is 1.83 bits per heavy atom. The Kier molecular flexibility index (Phi) is 2.29. The molecule has 1 aliphatic heterocycles. The highest BCUT2D eigenvalue weighted by atomic mass is 16.7. The van der Waals surface area contributed by atoms with Gasteiger partial charge >= 0.3 is 0 Å². The molecule has 12 heavy (non-hydrogen) atoms. The summed E-state index contributed by atoms with van der Waals surface area (Å²) in [7, 11) is 0. The highest BCUT2D eigenvalue weighted by Crippen LogP contribution is 2.38. The normalized spacial score (nSPS) is 46.5. The Hall–Kier alpha value is -0.200. The molecule has 0 aromatic carbocycles. The standard InChI is InChI=1S/C7H14N2O3/c8-11-5-2-1-4-6(12-9)3-10-7(4)5/h4-7H,1-3,8-9H2. The minimum Gasteiger partial charge on any atom is -0.372 e. The van der Waals surface area contributed by atoms with Crippen LogP contribution in [0.25, 0.3) is 0 Å². The van der Waals surface area contributed by atoms with Crippen LogP contribution in [0.1, 0.15) is 12.8 Å². The van der Waals surface area contributed by atoms with Gasteiger partial charge in [0, 0.05) is 5.92 Å². The maximum absolute atomic E-state index is 5.47. The van der Waals surface area contributed by atoms with Gasteiger partial charge in [0.15, 0.2) is 0 Å². The van der Waals surface area contributed by atoms with Crippen LogP contribution >= 0.6 is 0 Å². The topological polar surface area (TPSA) is 79.7 Å². The van der Waals surface area contributed by atoms with Gasteiger partial charge in [-0.15, -0.1) is 0 Å². The molecule has 0 amide bonds. The molecule has 1 heterocycles. The summed E-state index contributed by atoms with van der Waals surface area (Å²) >= 11 is 0. The van der Waals surface area contributed by atoms with Crippen molar-refractivity contribution in [2.75, 3.05) is 6.61 Å². The zero-order valence-electron chi connectivity index (χ0n) is 6.81. The van der Waals surface area contributed by atoms with E-state index in [0.29, 0.717) is 12.5 Å². The molecule has 5 heteroatoms. The summed E-state index contributed by atoms with van der Waals surface area (Å²) in [4.78, 5) is 9.59. The van der Waals surface area contributed by atoms with Crippen molar-refractivity contribution in [2.45, 2.75) is 31.2 Å². The fourth-order valence-electron chi connectivity index (χ4n) is 2.20. The number of hydrogen-bond acceptors (Lipinski definition) is 5. The second-order valence-electron chi connectivity index (χ2n) is 3.39. The van der Waals surface area contributed by atoms with Gasteiger partial charge in [-0.1, -0.05) is 0 Å². The highest BCUT2D eigenvalue weighted by molar-refractivity contribution is 4.95. The van der Waals surface area contributed by atoms with Crippen LogP contribution in [0.15, 0.2) is 0 Å². The van der Waals surface area contributed by atoms with Crippen LogP contribution in [0.3, 0.4) is 0 Å². The van der Waals surface area contributed by atoms with Gasteiger partial charge < -0.3 is 4.74 Å². The molecular formula is C7H14N2O3. The van der Waals surface area contributed by atoms with Gasteiger partial charge in [0.05, 0.1) is 12.7 Å². The Morgan fingerprint density at radius 1 is 1.08 bits per heavy atom. The largest absolute Gasteiger partial charge is 0.372 e. The van der Waals surface area contributed by atoms with Crippen molar-refractivity contribution in [1.29, 1.82) is 0 Å². The van der Waals surface area contributed by atoms with Crippen LogP contribution in [-0.4, -0.2) is 24.9 Å². The molecule has 2 aliphatic rings. The number of rotatable bonds is 2. The summed E-state index contributed by atoms with van der Waals surface area (Å²) in [5.41, 5.74) is 0. The van der Waals surface area contributed by atoms with Gasteiger partial charge in [0.25, 0.3) is 0 Å². The second kappa shape index (κ2) is 3.27. The summed E-state index contributed by atoms with van der Waals surface area (Å²) in [5, 5.41) is 0. The van der Waals surface area contributed by atoms with Crippen molar-refractivity contribution < 1.29 is 14.4 Å². The molecular weight excluding hydrogens is 160 g/mol. The minimum atomic E-state index is 0.0233. The van der Waals surface area contributed by atoms with Crippen molar-refractivity contribution in [3.63, 3.8) is 0 Å². The molecule has 2 fully saturated rings. The SMILES string of the molecule is NOC1COC2C(ON)CCC12. The van der Waals surface area contributed by atoms with E-state index in [1.54, 1.807) is 0 Å². The summed E-state index contributed by atoms with van der Waals surface area (Å²) < 4.78 is 5.47. The third kappa shape index (κ3) is 1.14. The Labute approximate surface area is 70.8 Å². The molecule has 5 nitrogen and oxygen atoms in total. The first kappa shape index (κ1) is 8.40. The number of fused-ring (bicyclic) bond motifs is 1. The van der Waals surface area contributed by atoms with Crippen molar-refractivity contribution >= 4 is 0 Å². The van der Waals surface area contributed by atoms with Gasteiger partial charge in [-0.05, 0) is 12.8 Å². The monoisotopic (exact) mass is 174 g/mol. The number of ether oxygens (including phenoxy) is 1. The highest BCUT2D eigenvalue weighted by Gasteiger charge is 2.47. The first-order valence-electron chi connectivity index (χ1n) is 4.19. The van der Waals surface area contributed by atoms with E-state index in [2.05, 4.69) is 0 Å². The van der Waals surface area contributed by atoms with Crippen molar-refractivity contribution in [3.05, 3.63) is 0 Å². The molecule has 4 N–H and O–H groups in total. The minimum absolute atomic E-state index is 0.0233. The van der Waals surface area contributed by atoms with Gasteiger partial charge in [-0.25, -0.2) is 11.8 Å². The summed E-state index contributed by atoms with van der Waals surface area (Å²) in [6, 6.07) is 0. The van der Waals surface area contributed by atoms with Gasteiger partial charge in [-0.2, -0.15) is 0 Å². The molecule has 1 saturated heterocycles. The smallest absolute Gasteiger partial charge is 0.107 e. The zero-order chi connectivity index (χ0) is 8.55. The van der Waals surface area contributed by atoms with Gasteiger partial charge in [-0.3, -0.25) is 9.68 Å². The maximum Gasteiger partial charge on any atom is 0.107 e. The second-order valence-corrected chi connectivity index (χ2v) is 3.39. The molecule has 70 valence electrons. The lowest BCUT2D eigenvalue weighted by molar-refractivity contribution is -0.0428. The average molecular weight is 174 g/mol. The Balaban J connectivity index is 2.01. The van der Waals surface area contributed by atoms with Crippen molar-refractivity contribution in [3.8, 4) is 0 Å². The predicted molar refractivity (Wildman–Crippen MR) is 40.6 cm³/mol. The molecule has 0 aromatic heterocycles. The lowest BCUT2D eigenvalue weighted by Gasteiger charge is -2.15. The fourth-order valence-corrected chi connectivity index (χ4v) is 2.20. The van der Waals surface area contributed by atoms with E-state index in [1.807, 2.05) is 0 Å². The van der Waals surface area contributed by atoms with Crippen LogP contribution in [0.5, 0.6) is 0 Å². The molecule has 0 spiro atoms. The molecule has 1 aliphatic carbocycles. The molecule has 2 rings (SSSR count). The molecule has 4 atom stereocenters. The van der Waals surface area contributed by atoms with Crippen LogP contribution in [0, 0.1) is 5.92 Å². The van der Waals surface area contributed by atoms with E-state index in [9.17, 15) is 0 Å². The quantitative estimate of drug-likeness (QED) is 0.542. The van der Waals surface area contributed by atoms with Gasteiger partial charge in [0.1, 0.15) is 12.2 Å². The maximum atomic E-state index is 5.47. The van der Waals surface area contributed by atoms with E-state index in [0.717, 1.165) is 12.8 Å². The molecule has 1 saturated carbocycles. The lowest BCUT2D eigenvalue weighted by atomic mass is 10.0. The molecule has 0 bridgehead atoms. The third-order valence-corrected chi connectivity index (χ3v) is 2.85. The third-order valence-electron chi connectivity index (χ3n) is 2.85. The van der Waals surface area contributed by atoms with E-state index < -0.39 is 0 Å². The number of hydrogen-bond donors (Lipinski definition) is 2. The Morgan fingerprint density at radius 3 is 2.50 bits per heavy atom. The average Bonchev–Trinajstić information content (AvgIpc) is 2.62. The summed E-state index contributed by atoms with van der Waals surface area (Å²) in [6.07, 6.45) is 2.09. The summed E-state index contributed by atoms with van der Waals surface area (Å²) in [6.45, 7) is 0.561. The first-order valence-corrected chi connectivity index (χ1v) is 4.19. The number of nitrogens with two attached hydrogens (primary N) is 2.